The number of aliphatic hydroxyl groups excluding tert-OH is 3. The van der Waals surface area contributed by atoms with E-state index in [9.17, 15) is 15.3 Å². The molecule has 2 aromatic carbocycles. The van der Waals surface area contributed by atoms with E-state index in [1.165, 1.54) is 21.3 Å². The van der Waals surface area contributed by atoms with Crippen molar-refractivity contribution >= 4 is 0 Å². The fourth-order valence-electron chi connectivity index (χ4n) is 5.08. The van der Waals surface area contributed by atoms with Gasteiger partial charge >= 0.3 is 0 Å². The van der Waals surface area contributed by atoms with Crippen LogP contribution in [0.2, 0.25) is 0 Å². The van der Waals surface area contributed by atoms with E-state index in [0.29, 0.717) is 0 Å². The predicted molar refractivity (Wildman–Crippen MR) is 141 cm³/mol. The molecular weight excluding hydrogens is 524 g/mol. The first-order valence-electron chi connectivity index (χ1n) is 13.3. The summed E-state index contributed by atoms with van der Waals surface area (Å²) in [6.07, 6.45) is -9.68. The van der Waals surface area contributed by atoms with Crippen molar-refractivity contribution in [2.24, 2.45) is 0 Å². The molecule has 0 bridgehead atoms. The maximum Gasteiger partial charge on any atom is 0.187 e. The third kappa shape index (κ3) is 7.44. The highest BCUT2D eigenvalue weighted by molar-refractivity contribution is 5.14. The van der Waals surface area contributed by atoms with Gasteiger partial charge in [0.15, 0.2) is 12.6 Å². The summed E-state index contributed by atoms with van der Waals surface area (Å²) in [6, 6.07) is 19.1. The van der Waals surface area contributed by atoms with Crippen molar-refractivity contribution < 1.29 is 53.2 Å². The van der Waals surface area contributed by atoms with Crippen LogP contribution in [0.25, 0.3) is 0 Å². The summed E-state index contributed by atoms with van der Waals surface area (Å²) in [7, 11) is 4.40. The van der Waals surface area contributed by atoms with Gasteiger partial charge in [0, 0.05) is 21.3 Å². The van der Waals surface area contributed by atoms with Gasteiger partial charge in [-0.3, -0.25) is 0 Å². The Kier molecular flexibility index (Phi) is 11.8. The number of ether oxygens (including phenoxy) is 8. The number of benzene rings is 2. The van der Waals surface area contributed by atoms with Gasteiger partial charge in [-0.1, -0.05) is 60.7 Å². The van der Waals surface area contributed by atoms with E-state index in [1.807, 2.05) is 60.7 Å². The Hall–Kier alpha value is -2.00. The van der Waals surface area contributed by atoms with E-state index < -0.39 is 68.0 Å². The van der Waals surface area contributed by atoms with Gasteiger partial charge in [0.05, 0.1) is 26.4 Å². The molecule has 0 amide bonds. The van der Waals surface area contributed by atoms with Crippen molar-refractivity contribution in [2.75, 3.05) is 34.5 Å². The van der Waals surface area contributed by atoms with E-state index >= 15 is 0 Å². The molecule has 2 aliphatic rings. The van der Waals surface area contributed by atoms with E-state index in [2.05, 4.69) is 0 Å². The van der Waals surface area contributed by atoms with Gasteiger partial charge in [-0.05, 0) is 11.1 Å². The average molecular weight is 565 g/mol. The molecule has 2 aromatic rings. The molecule has 0 saturated carbocycles. The summed E-state index contributed by atoms with van der Waals surface area (Å²) in [5.74, 6) is 0. The van der Waals surface area contributed by atoms with Gasteiger partial charge in [-0.15, -0.1) is 0 Å². The topological polar surface area (TPSA) is 135 Å². The molecule has 10 atom stereocenters. The lowest BCUT2D eigenvalue weighted by atomic mass is 9.96. The SMILES string of the molecule is COC[C@@H]1O[C@H](O)C(OCc2ccccc2)C(OCc2ccccc2)[C@@H]1O[C@@H]1OC(CO)[C@H](O)[C@@H](OC)C1OC. The Bertz CT molecular complexity index is 980. The van der Waals surface area contributed by atoms with Crippen LogP contribution in [0.3, 0.4) is 0 Å². The van der Waals surface area contributed by atoms with Crippen LogP contribution in [0.5, 0.6) is 0 Å². The Morgan fingerprint density at radius 3 is 1.77 bits per heavy atom. The molecule has 3 N–H and O–H groups in total. The summed E-state index contributed by atoms with van der Waals surface area (Å²) in [6.45, 7) is 0.0166. The molecule has 222 valence electrons. The molecule has 11 nitrogen and oxygen atoms in total. The first-order valence-corrected chi connectivity index (χ1v) is 13.3. The first kappa shape index (κ1) is 30.9. The highest BCUT2D eigenvalue weighted by Crippen LogP contribution is 2.33. The second-order valence-corrected chi connectivity index (χ2v) is 9.76. The van der Waals surface area contributed by atoms with Gasteiger partial charge in [0.1, 0.15) is 48.8 Å². The highest BCUT2D eigenvalue weighted by Gasteiger charge is 2.52. The molecule has 2 heterocycles. The van der Waals surface area contributed by atoms with Crippen molar-refractivity contribution in [3.63, 3.8) is 0 Å². The predicted octanol–water partition coefficient (Wildman–Crippen LogP) is 1.01. The quantitative estimate of drug-likeness (QED) is 0.322. The van der Waals surface area contributed by atoms with Crippen LogP contribution in [0.1, 0.15) is 11.1 Å². The second kappa shape index (κ2) is 15.3. The van der Waals surface area contributed by atoms with Gasteiger partial charge in [-0.2, -0.15) is 0 Å². The minimum atomic E-state index is -1.34. The van der Waals surface area contributed by atoms with Gasteiger partial charge in [-0.25, -0.2) is 0 Å². The average Bonchev–Trinajstić information content (AvgIpc) is 2.98. The van der Waals surface area contributed by atoms with Crippen LogP contribution in [0.15, 0.2) is 60.7 Å². The highest BCUT2D eigenvalue weighted by atomic mass is 16.7. The van der Waals surface area contributed by atoms with E-state index in [1.54, 1.807) is 0 Å². The summed E-state index contributed by atoms with van der Waals surface area (Å²) >= 11 is 0. The van der Waals surface area contributed by atoms with E-state index in [0.717, 1.165) is 11.1 Å². The molecule has 40 heavy (non-hydrogen) atoms. The van der Waals surface area contributed by atoms with Crippen LogP contribution in [0.4, 0.5) is 0 Å². The van der Waals surface area contributed by atoms with Crippen molar-refractivity contribution in [2.45, 2.75) is 74.6 Å². The molecular formula is C29H40O11. The normalized spacial score (nSPS) is 34.5. The standard InChI is InChI=1S/C29H40O11/c1-33-17-21-23(40-29-27(35-3)24(34-2)22(31)20(14-30)39-29)25(36-15-18-10-6-4-7-11-18)26(28(32)38-21)37-16-19-12-8-5-9-13-19/h4-13,20-32H,14-17H2,1-3H3/t20?,21-,22-,23+,24+,25?,26?,27?,28-,29-/m0/s1. The first-order chi connectivity index (χ1) is 19.5. The third-order valence-electron chi connectivity index (χ3n) is 7.14. The van der Waals surface area contributed by atoms with Gasteiger partial charge < -0.3 is 53.2 Å². The van der Waals surface area contributed by atoms with Gasteiger partial charge in [0.25, 0.3) is 0 Å². The zero-order valence-electron chi connectivity index (χ0n) is 23.0. The fourth-order valence-corrected chi connectivity index (χ4v) is 5.08. The van der Waals surface area contributed by atoms with Crippen molar-refractivity contribution in [1.29, 1.82) is 0 Å². The number of aliphatic hydroxyl groups is 3. The molecule has 0 aliphatic carbocycles. The summed E-state index contributed by atoms with van der Waals surface area (Å²) < 4.78 is 47.4. The molecule has 4 unspecified atom stereocenters. The van der Waals surface area contributed by atoms with E-state index in [-0.39, 0.29) is 19.8 Å². The Morgan fingerprint density at radius 2 is 1.25 bits per heavy atom. The smallest absolute Gasteiger partial charge is 0.187 e. The Labute approximate surface area is 234 Å². The van der Waals surface area contributed by atoms with Crippen LogP contribution in [0, 0.1) is 0 Å². The second-order valence-electron chi connectivity index (χ2n) is 9.76. The molecule has 11 heteroatoms. The third-order valence-corrected chi connectivity index (χ3v) is 7.14. The zero-order chi connectivity index (χ0) is 28.5. The monoisotopic (exact) mass is 564 g/mol. The molecule has 2 saturated heterocycles. The lowest BCUT2D eigenvalue weighted by Gasteiger charge is -2.48. The van der Waals surface area contributed by atoms with E-state index in [4.69, 9.17) is 37.9 Å². The Morgan fingerprint density at radius 1 is 0.675 bits per heavy atom. The van der Waals surface area contributed by atoms with Crippen molar-refractivity contribution in [3.05, 3.63) is 71.8 Å². The minimum absolute atomic E-state index is 0.0719. The summed E-state index contributed by atoms with van der Waals surface area (Å²) in [4.78, 5) is 0. The van der Waals surface area contributed by atoms with Gasteiger partial charge in [0.2, 0.25) is 0 Å². The summed E-state index contributed by atoms with van der Waals surface area (Å²) in [5, 5.41) is 31.5. The lowest BCUT2D eigenvalue weighted by Crippen LogP contribution is -2.65. The van der Waals surface area contributed by atoms with Crippen LogP contribution < -0.4 is 0 Å². The van der Waals surface area contributed by atoms with Crippen molar-refractivity contribution in [3.8, 4) is 0 Å². The minimum Gasteiger partial charge on any atom is -0.394 e. The van der Waals surface area contributed by atoms with Crippen LogP contribution >= 0.6 is 0 Å². The largest absolute Gasteiger partial charge is 0.394 e. The molecule has 0 radical (unpaired) electrons. The van der Waals surface area contributed by atoms with Crippen LogP contribution in [-0.2, 0) is 51.1 Å². The maximum atomic E-state index is 11.0. The molecule has 2 fully saturated rings. The molecule has 0 spiro atoms. The molecule has 0 aromatic heterocycles. The number of hydrogen-bond acceptors (Lipinski definition) is 11. The maximum absolute atomic E-state index is 11.0. The molecule has 2 aliphatic heterocycles. The fraction of sp³-hybridized carbons (Fsp3) is 0.586. The Balaban J connectivity index is 1.63. The number of hydrogen-bond donors (Lipinski definition) is 3. The zero-order valence-corrected chi connectivity index (χ0v) is 23.0. The number of rotatable bonds is 13. The number of methoxy groups -OCH3 is 3. The lowest BCUT2D eigenvalue weighted by molar-refractivity contribution is -0.366. The molecule has 4 rings (SSSR count). The van der Waals surface area contributed by atoms with Crippen LogP contribution in [-0.4, -0.2) is 111 Å². The van der Waals surface area contributed by atoms with Crippen molar-refractivity contribution in [1.82, 2.24) is 0 Å². The summed E-state index contributed by atoms with van der Waals surface area (Å²) in [5.41, 5.74) is 1.82.